The van der Waals surface area contributed by atoms with Gasteiger partial charge in [0.05, 0.1) is 11.6 Å². The summed E-state index contributed by atoms with van der Waals surface area (Å²) < 4.78 is 16.1. The number of nitrogens with zero attached hydrogens (tertiary/aromatic N) is 3. The highest BCUT2D eigenvalue weighted by Crippen LogP contribution is 2.26. The van der Waals surface area contributed by atoms with Gasteiger partial charge in [-0.2, -0.15) is 5.26 Å². The van der Waals surface area contributed by atoms with Crippen LogP contribution in [0.4, 0.5) is 4.39 Å². The molecule has 0 spiro atoms. The Hall–Kier alpha value is -3.19. The Balaban J connectivity index is 2.11. The number of pyridine rings is 1. The van der Waals surface area contributed by atoms with Crippen molar-refractivity contribution < 1.29 is 4.39 Å². The first-order valence-corrected chi connectivity index (χ1v) is 7.58. The van der Waals surface area contributed by atoms with Crippen LogP contribution in [0.5, 0.6) is 0 Å². The van der Waals surface area contributed by atoms with Gasteiger partial charge < -0.3 is 4.57 Å². The fraction of sp³-hybridized carbons (Fsp3) is 0.100. The SMILES string of the molecule is Cc1cc(/C=C(/C#N)c2ccccc2F)c(C)n1-c1ccncc1. The van der Waals surface area contributed by atoms with Crippen LogP contribution >= 0.6 is 0 Å². The van der Waals surface area contributed by atoms with Gasteiger partial charge >= 0.3 is 0 Å². The molecule has 3 aromatic rings. The van der Waals surface area contributed by atoms with Crippen LogP contribution in [0.3, 0.4) is 0 Å². The average Bonchev–Trinajstić information content (AvgIpc) is 2.88. The van der Waals surface area contributed by atoms with E-state index in [4.69, 9.17) is 0 Å². The van der Waals surface area contributed by atoms with E-state index in [0.29, 0.717) is 11.1 Å². The summed E-state index contributed by atoms with van der Waals surface area (Å²) in [5.74, 6) is -0.395. The predicted molar refractivity (Wildman–Crippen MR) is 92.9 cm³/mol. The van der Waals surface area contributed by atoms with E-state index in [1.807, 2.05) is 32.0 Å². The Morgan fingerprint density at radius 1 is 1.17 bits per heavy atom. The van der Waals surface area contributed by atoms with Gasteiger partial charge in [-0.3, -0.25) is 4.98 Å². The molecule has 0 radical (unpaired) electrons. The Kier molecular flexibility index (Phi) is 4.26. The fourth-order valence-electron chi connectivity index (χ4n) is 2.83. The molecule has 3 rings (SSSR count). The molecule has 0 unspecified atom stereocenters. The van der Waals surface area contributed by atoms with Crippen molar-refractivity contribution in [3.8, 4) is 11.8 Å². The molecule has 0 atom stereocenters. The average molecular weight is 317 g/mol. The van der Waals surface area contributed by atoms with E-state index < -0.39 is 5.82 Å². The maximum atomic E-state index is 14.0. The molecule has 0 aliphatic rings. The minimum Gasteiger partial charge on any atom is -0.318 e. The van der Waals surface area contributed by atoms with E-state index in [1.54, 1.807) is 36.7 Å². The highest BCUT2D eigenvalue weighted by molar-refractivity contribution is 5.90. The first-order chi connectivity index (χ1) is 11.6. The monoisotopic (exact) mass is 317 g/mol. The molecular weight excluding hydrogens is 301 g/mol. The van der Waals surface area contributed by atoms with Gasteiger partial charge in [0.2, 0.25) is 0 Å². The van der Waals surface area contributed by atoms with Crippen LogP contribution < -0.4 is 0 Å². The van der Waals surface area contributed by atoms with E-state index in [-0.39, 0.29) is 0 Å². The van der Waals surface area contributed by atoms with Gasteiger partial charge in [-0.25, -0.2) is 4.39 Å². The van der Waals surface area contributed by atoms with Crippen molar-refractivity contribution in [2.24, 2.45) is 0 Å². The number of allylic oxidation sites excluding steroid dienone is 1. The second-order valence-corrected chi connectivity index (χ2v) is 5.52. The third kappa shape index (κ3) is 2.84. The zero-order valence-corrected chi connectivity index (χ0v) is 13.5. The predicted octanol–water partition coefficient (Wildman–Crippen LogP) is 4.69. The molecule has 0 saturated heterocycles. The minimum atomic E-state index is -0.395. The van der Waals surface area contributed by atoms with Crippen molar-refractivity contribution in [1.29, 1.82) is 5.26 Å². The molecule has 3 nitrogen and oxygen atoms in total. The van der Waals surface area contributed by atoms with Crippen LogP contribution in [0.25, 0.3) is 17.3 Å². The molecule has 0 aliphatic carbocycles. The van der Waals surface area contributed by atoms with E-state index in [9.17, 15) is 9.65 Å². The maximum absolute atomic E-state index is 14.0. The molecule has 0 amide bonds. The summed E-state index contributed by atoms with van der Waals surface area (Å²) in [6.45, 7) is 3.98. The van der Waals surface area contributed by atoms with Gasteiger partial charge in [-0.15, -0.1) is 0 Å². The molecule has 1 aromatic carbocycles. The molecule has 0 bridgehead atoms. The van der Waals surface area contributed by atoms with Crippen LogP contribution in [0.2, 0.25) is 0 Å². The summed E-state index contributed by atoms with van der Waals surface area (Å²) in [6, 6.07) is 14.3. The zero-order chi connectivity index (χ0) is 17.1. The number of hydrogen-bond donors (Lipinski definition) is 0. The number of nitriles is 1. The van der Waals surface area contributed by atoms with Gasteiger partial charge in [-0.05, 0) is 49.8 Å². The van der Waals surface area contributed by atoms with Crippen LogP contribution in [0, 0.1) is 31.0 Å². The summed E-state index contributed by atoms with van der Waals surface area (Å²) >= 11 is 0. The molecule has 4 heteroatoms. The first kappa shape index (κ1) is 15.7. The molecule has 24 heavy (non-hydrogen) atoms. The summed E-state index contributed by atoms with van der Waals surface area (Å²) in [5.41, 5.74) is 4.54. The Labute approximate surface area is 140 Å². The van der Waals surface area contributed by atoms with Gasteiger partial charge in [0, 0.05) is 35.0 Å². The Bertz CT molecular complexity index is 947. The number of halogens is 1. The third-order valence-electron chi connectivity index (χ3n) is 3.98. The number of aryl methyl sites for hydroxylation is 1. The lowest BCUT2D eigenvalue weighted by Gasteiger charge is -2.09. The van der Waals surface area contributed by atoms with Crippen molar-refractivity contribution in [1.82, 2.24) is 9.55 Å². The van der Waals surface area contributed by atoms with Crippen molar-refractivity contribution >= 4 is 11.6 Å². The van der Waals surface area contributed by atoms with Gasteiger partial charge in [0.25, 0.3) is 0 Å². The second-order valence-electron chi connectivity index (χ2n) is 5.52. The van der Waals surface area contributed by atoms with E-state index in [0.717, 1.165) is 22.6 Å². The van der Waals surface area contributed by atoms with Crippen molar-refractivity contribution in [3.63, 3.8) is 0 Å². The largest absolute Gasteiger partial charge is 0.318 e. The van der Waals surface area contributed by atoms with Crippen LogP contribution in [-0.4, -0.2) is 9.55 Å². The van der Waals surface area contributed by atoms with Gasteiger partial charge in [0.15, 0.2) is 0 Å². The number of benzene rings is 1. The minimum absolute atomic E-state index is 0.308. The molecule has 0 saturated carbocycles. The summed E-state index contributed by atoms with van der Waals surface area (Å²) in [5, 5.41) is 9.45. The quantitative estimate of drug-likeness (QED) is 0.657. The molecule has 2 aromatic heterocycles. The van der Waals surface area contributed by atoms with Gasteiger partial charge in [0.1, 0.15) is 5.82 Å². The van der Waals surface area contributed by atoms with E-state index in [2.05, 4.69) is 15.6 Å². The lowest BCUT2D eigenvalue weighted by Crippen LogP contribution is -1.99. The summed E-state index contributed by atoms with van der Waals surface area (Å²) in [4.78, 5) is 4.04. The molecule has 0 N–H and O–H groups in total. The first-order valence-electron chi connectivity index (χ1n) is 7.58. The number of rotatable bonds is 3. The topological polar surface area (TPSA) is 41.6 Å². The fourth-order valence-corrected chi connectivity index (χ4v) is 2.83. The molecule has 0 aliphatic heterocycles. The van der Waals surface area contributed by atoms with Crippen LogP contribution in [0.1, 0.15) is 22.5 Å². The highest BCUT2D eigenvalue weighted by Gasteiger charge is 2.12. The van der Waals surface area contributed by atoms with E-state index >= 15 is 0 Å². The molecule has 0 fully saturated rings. The lowest BCUT2D eigenvalue weighted by atomic mass is 10.0. The van der Waals surface area contributed by atoms with Crippen molar-refractivity contribution in [3.05, 3.63) is 83.2 Å². The Morgan fingerprint density at radius 3 is 2.54 bits per heavy atom. The molecule has 2 heterocycles. The standard InChI is InChI=1S/C20H16FN3/c1-14-11-16(15(2)24(14)18-7-9-23-10-8-18)12-17(13-22)19-5-3-4-6-20(19)21/h3-12H,1-2H3/b17-12-. The number of hydrogen-bond acceptors (Lipinski definition) is 2. The highest BCUT2D eigenvalue weighted by atomic mass is 19.1. The van der Waals surface area contributed by atoms with Crippen molar-refractivity contribution in [2.45, 2.75) is 13.8 Å². The smallest absolute Gasteiger partial charge is 0.131 e. The van der Waals surface area contributed by atoms with Crippen LogP contribution in [-0.2, 0) is 0 Å². The summed E-state index contributed by atoms with van der Waals surface area (Å²) in [7, 11) is 0. The van der Waals surface area contributed by atoms with E-state index in [1.165, 1.54) is 6.07 Å². The molecule has 118 valence electrons. The van der Waals surface area contributed by atoms with Crippen molar-refractivity contribution in [2.75, 3.05) is 0 Å². The molecular formula is C20H16FN3. The summed E-state index contributed by atoms with van der Waals surface area (Å²) in [6.07, 6.45) is 5.21. The third-order valence-corrected chi connectivity index (χ3v) is 3.98. The Morgan fingerprint density at radius 2 is 1.88 bits per heavy atom. The number of aromatic nitrogens is 2. The maximum Gasteiger partial charge on any atom is 0.131 e. The normalized spacial score (nSPS) is 11.3. The van der Waals surface area contributed by atoms with Crippen LogP contribution in [0.15, 0.2) is 54.9 Å². The zero-order valence-electron chi connectivity index (χ0n) is 13.5. The van der Waals surface area contributed by atoms with Gasteiger partial charge in [-0.1, -0.05) is 18.2 Å². The lowest BCUT2D eigenvalue weighted by molar-refractivity contribution is 0.624. The second kappa shape index (κ2) is 6.51.